The van der Waals surface area contributed by atoms with E-state index in [1.807, 2.05) is 6.92 Å². The molecule has 0 saturated heterocycles. The van der Waals surface area contributed by atoms with Gasteiger partial charge in [-0.1, -0.05) is 12.1 Å². The highest BCUT2D eigenvalue weighted by molar-refractivity contribution is 5.98. The number of hydrogen-bond acceptors (Lipinski definition) is 2. The van der Waals surface area contributed by atoms with Crippen molar-refractivity contribution in [2.75, 3.05) is 0 Å². The highest BCUT2D eigenvalue weighted by Gasteiger charge is 2.30. The Bertz CT molecular complexity index is 660. The number of hydrogen-bond donors (Lipinski definition) is 0. The largest absolute Gasteiger partial charge is 0.416 e. The minimum atomic E-state index is -4.36. The van der Waals surface area contributed by atoms with Crippen LogP contribution in [0.3, 0.4) is 0 Å². The van der Waals surface area contributed by atoms with E-state index in [0.717, 1.165) is 17.8 Å². The third kappa shape index (κ3) is 3.68. The number of rotatable bonds is 3. The fourth-order valence-electron chi connectivity index (χ4n) is 2.07. The second kappa shape index (κ2) is 5.68. The van der Waals surface area contributed by atoms with Gasteiger partial charge in [-0.3, -0.25) is 9.78 Å². The summed E-state index contributed by atoms with van der Waals surface area (Å²) in [7, 11) is 0. The number of alkyl halides is 3. The van der Waals surface area contributed by atoms with Gasteiger partial charge in [0.2, 0.25) is 0 Å². The highest BCUT2D eigenvalue weighted by atomic mass is 19.4. The van der Waals surface area contributed by atoms with Crippen LogP contribution < -0.4 is 0 Å². The van der Waals surface area contributed by atoms with E-state index < -0.39 is 11.7 Å². The van der Waals surface area contributed by atoms with Crippen molar-refractivity contribution in [2.24, 2.45) is 0 Å². The van der Waals surface area contributed by atoms with Gasteiger partial charge in [0.05, 0.1) is 5.56 Å². The molecule has 0 aliphatic carbocycles. The lowest BCUT2D eigenvalue weighted by Gasteiger charge is -2.08. The van der Waals surface area contributed by atoms with Crippen LogP contribution in [0.5, 0.6) is 0 Å². The monoisotopic (exact) mass is 293 g/mol. The Labute approximate surface area is 120 Å². The SMILES string of the molecule is Cc1ccc(C(=O)Cc2ccc(C(F)(F)F)cc2)c(C)n1. The highest BCUT2D eigenvalue weighted by Crippen LogP contribution is 2.29. The summed E-state index contributed by atoms with van der Waals surface area (Å²) in [6.07, 6.45) is -4.30. The van der Waals surface area contributed by atoms with Crippen LogP contribution in [0.1, 0.15) is 32.9 Å². The Kier molecular flexibility index (Phi) is 4.11. The van der Waals surface area contributed by atoms with Crippen LogP contribution >= 0.6 is 0 Å². The number of carbonyl (C=O) groups is 1. The summed E-state index contributed by atoms with van der Waals surface area (Å²) < 4.78 is 37.4. The van der Waals surface area contributed by atoms with E-state index in [9.17, 15) is 18.0 Å². The molecule has 0 bridgehead atoms. The second-order valence-corrected chi connectivity index (χ2v) is 4.88. The van der Waals surface area contributed by atoms with E-state index >= 15 is 0 Å². The third-order valence-electron chi connectivity index (χ3n) is 3.17. The number of Topliss-reactive ketones (excluding diaryl/α,β-unsaturated/α-hetero) is 1. The molecule has 0 saturated carbocycles. The normalized spacial score (nSPS) is 11.5. The lowest BCUT2D eigenvalue weighted by molar-refractivity contribution is -0.137. The summed E-state index contributed by atoms with van der Waals surface area (Å²) >= 11 is 0. The summed E-state index contributed by atoms with van der Waals surface area (Å²) in [6.45, 7) is 3.57. The first kappa shape index (κ1) is 15.2. The molecule has 0 aliphatic rings. The molecule has 2 aromatic rings. The van der Waals surface area contributed by atoms with Gasteiger partial charge in [-0.15, -0.1) is 0 Å². The zero-order valence-electron chi connectivity index (χ0n) is 11.7. The molecule has 5 heteroatoms. The number of aryl methyl sites for hydroxylation is 2. The summed E-state index contributed by atoms with van der Waals surface area (Å²) in [5.74, 6) is -0.153. The van der Waals surface area contributed by atoms with E-state index in [0.29, 0.717) is 16.8 Å². The molecular formula is C16H14F3NO. The van der Waals surface area contributed by atoms with Gasteiger partial charge in [-0.25, -0.2) is 0 Å². The van der Waals surface area contributed by atoms with E-state index in [1.165, 1.54) is 12.1 Å². The second-order valence-electron chi connectivity index (χ2n) is 4.88. The van der Waals surface area contributed by atoms with E-state index in [2.05, 4.69) is 4.98 Å². The van der Waals surface area contributed by atoms with E-state index in [1.54, 1.807) is 19.1 Å². The molecule has 0 atom stereocenters. The molecule has 0 unspecified atom stereocenters. The number of nitrogens with zero attached hydrogens (tertiary/aromatic N) is 1. The Morgan fingerprint density at radius 1 is 1.05 bits per heavy atom. The first-order valence-corrected chi connectivity index (χ1v) is 6.41. The van der Waals surface area contributed by atoms with Crippen LogP contribution in [0.15, 0.2) is 36.4 Å². The molecule has 0 amide bonds. The van der Waals surface area contributed by atoms with Crippen molar-refractivity contribution in [2.45, 2.75) is 26.4 Å². The van der Waals surface area contributed by atoms with Crippen molar-refractivity contribution in [3.05, 3.63) is 64.5 Å². The number of benzene rings is 1. The predicted molar refractivity (Wildman–Crippen MR) is 73.2 cm³/mol. The maximum absolute atomic E-state index is 12.5. The lowest BCUT2D eigenvalue weighted by Crippen LogP contribution is -2.08. The van der Waals surface area contributed by atoms with E-state index in [4.69, 9.17) is 0 Å². The summed E-state index contributed by atoms with van der Waals surface area (Å²) in [5.41, 5.74) is 1.78. The Morgan fingerprint density at radius 2 is 1.67 bits per heavy atom. The average Bonchev–Trinajstić information content (AvgIpc) is 2.38. The van der Waals surface area contributed by atoms with Gasteiger partial charge in [-0.2, -0.15) is 13.2 Å². The smallest absolute Gasteiger partial charge is 0.294 e. The molecule has 0 aliphatic heterocycles. The van der Waals surface area contributed by atoms with Gasteiger partial charge < -0.3 is 0 Å². The number of ketones is 1. The third-order valence-corrected chi connectivity index (χ3v) is 3.17. The molecule has 0 fully saturated rings. The average molecular weight is 293 g/mol. The van der Waals surface area contributed by atoms with Crippen LogP contribution in [-0.2, 0) is 12.6 Å². The summed E-state index contributed by atoms with van der Waals surface area (Å²) in [6, 6.07) is 8.08. The molecule has 1 heterocycles. The molecule has 2 nitrogen and oxygen atoms in total. The molecule has 0 N–H and O–H groups in total. The molecule has 0 spiro atoms. The molecule has 21 heavy (non-hydrogen) atoms. The maximum Gasteiger partial charge on any atom is 0.416 e. The molecular weight excluding hydrogens is 279 g/mol. The minimum absolute atomic E-state index is 0.0592. The van der Waals surface area contributed by atoms with Gasteiger partial charge in [0.15, 0.2) is 5.78 Å². The molecule has 0 radical (unpaired) electrons. The number of halogens is 3. The Balaban J connectivity index is 2.16. The molecule has 1 aromatic heterocycles. The van der Waals surface area contributed by atoms with Crippen molar-refractivity contribution in [3.63, 3.8) is 0 Å². The minimum Gasteiger partial charge on any atom is -0.294 e. The molecule has 1 aromatic carbocycles. The van der Waals surface area contributed by atoms with Crippen molar-refractivity contribution >= 4 is 5.78 Å². The van der Waals surface area contributed by atoms with E-state index in [-0.39, 0.29) is 12.2 Å². The van der Waals surface area contributed by atoms with Gasteiger partial charge in [0.25, 0.3) is 0 Å². The molecule has 110 valence electrons. The predicted octanol–water partition coefficient (Wildman–Crippen LogP) is 4.14. The Hall–Kier alpha value is -2.17. The van der Waals surface area contributed by atoms with Gasteiger partial charge >= 0.3 is 6.18 Å². The number of pyridine rings is 1. The number of carbonyl (C=O) groups excluding carboxylic acids is 1. The lowest BCUT2D eigenvalue weighted by atomic mass is 10.0. The first-order valence-electron chi connectivity index (χ1n) is 6.41. The fourth-order valence-corrected chi connectivity index (χ4v) is 2.07. The maximum atomic E-state index is 12.5. The summed E-state index contributed by atoms with van der Waals surface area (Å²) in [5, 5.41) is 0. The van der Waals surface area contributed by atoms with Crippen LogP contribution in [0, 0.1) is 13.8 Å². The molecule has 2 rings (SSSR count). The van der Waals surface area contributed by atoms with Crippen LogP contribution in [0.25, 0.3) is 0 Å². The first-order chi connectivity index (χ1) is 9.77. The topological polar surface area (TPSA) is 30.0 Å². The van der Waals surface area contributed by atoms with Crippen LogP contribution in [-0.4, -0.2) is 10.8 Å². The zero-order chi connectivity index (χ0) is 15.6. The van der Waals surface area contributed by atoms with Gasteiger partial charge in [0, 0.05) is 23.4 Å². The standard InChI is InChI=1S/C16H14F3NO/c1-10-3-8-14(11(2)20-10)15(21)9-12-4-6-13(7-5-12)16(17,18)19/h3-8H,9H2,1-2H3. The Morgan fingerprint density at radius 3 is 2.19 bits per heavy atom. The van der Waals surface area contributed by atoms with Crippen molar-refractivity contribution in [3.8, 4) is 0 Å². The zero-order valence-corrected chi connectivity index (χ0v) is 11.7. The van der Waals surface area contributed by atoms with Crippen molar-refractivity contribution in [1.29, 1.82) is 0 Å². The van der Waals surface area contributed by atoms with Crippen molar-refractivity contribution in [1.82, 2.24) is 4.98 Å². The van der Waals surface area contributed by atoms with Gasteiger partial charge in [-0.05, 0) is 43.7 Å². The fraction of sp³-hybridized carbons (Fsp3) is 0.250. The van der Waals surface area contributed by atoms with Crippen molar-refractivity contribution < 1.29 is 18.0 Å². The van der Waals surface area contributed by atoms with Gasteiger partial charge in [0.1, 0.15) is 0 Å². The summed E-state index contributed by atoms with van der Waals surface area (Å²) in [4.78, 5) is 16.4. The van der Waals surface area contributed by atoms with Crippen LogP contribution in [0.4, 0.5) is 13.2 Å². The number of aromatic nitrogens is 1. The van der Waals surface area contributed by atoms with Crippen LogP contribution in [0.2, 0.25) is 0 Å². The quantitative estimate of drug-likeness (QED) is 0.796.